The molecule has 2 aromatic rings. The van der Waals surface area contributed by atoms with E-state index in [1.165, 1.54) is 6.07 Å². The Morgan fingerprint density at radius 3 is 2.71 bits per heavy atom. The zero-order chi connectivity index (χ0) is 15.4. The Morgan fingerprint density at radius 1 is 1.29 bits per heavy atom. The Hall–Kier alpha value is -2.08. The van der Waals surface area contributed by atoms with Gasteiger partial charge in [-0.1, -0.05) is 15.9 Å². The molecule has 0 saturated heterocycles. The Balaban J connectivity index is 2.22. The van der Waals surface area contributed by atoms with Gasteiger partial charge in [0.05, 0.1) is 7.11 Å². The number of carboxylic acid groups (broad SMARTS) is 1. The first-order valence-electron chi connectivity index (χ1n) is 5.99. The van der Waals surface area contributed by atoms with Gasteiger partial charge in [-0.3, -0.25) is 0 Å². The van der Waals surface area contributed by atoms with E-state index in [1.54, 1.807) is 25.3 Å². The van der Waals surface area contributed by atoms with E-state index in [4.69, 9.17) is 14.6 Å². The largest absolute Gasteiger partial charge is 0.497 e. The summed E-state index contributed by atoms with van der Waals surface area (Å²) in [7, 11) is 1.55. The number of benzene rings is 2. The molecule has 0 aliphatic carbocycles. The minimum Gasteiger partial charge on any atom is -0.497 e. The van der Waals surface area contributed by atoms with Crippen LogP contribution in [0.5, 0.6) is 11.5 Å². The summed E-state index contributed by atoms with van der Waals surface area (Å²) in [6, 6.07) is 8.75. The quantitative estimate of drug-likeness (QED) is 0.885. The van der Waals surface area contributed by atoms with Gasteiger partial charge in [0, 0.05) is 10.0 Å². The van der Waals surface area contributed by atoms with E-state index >= 15 is 0 Å². The van der Waals surface area contributed by atoms with Crippen molar-refractivity contribution in [3.63, 3.8) is 0 Å². The molecule has 110 valence electrons. The highest BCUT2D eigenvalue weighted by Crippen LogP contribution is 2.26. The molecule has 2 aromatic carbocycles. The second-order valence-electron chi connectivity index (χ2n) is 4.19. The summed E-state index contributed by atoms with van der Waals surface area (Å²) in [6.07, 6.45) is 0. The van der Waals surface area contributed by atoms with E-state index in [1.807, 2.05) is 0 Å². The average molecular weight is 355 g/mol. The van der Waals surface area contributed by atoms with Gasteiger partial charge >= 0.3 is 5.97 Å². The van der Waals surface area contributed by atoms with Crippen LogP contribution in [0, 0.1) is 5.82 Å². The molecule has 0 amide bonds. The van der Waals surface area contributed by atoms with Crippen molar-refractivity contribution >= 4 is 21.9 Å². The molecule has 0 fully saturated rings. The first-order valence-corrected chi connectivity index (χ1v) is 6.78. The monoisotopic (exact) mass is 354 g/mol. The van der Waals surface area contributed by atoms with Crippen molar-refractivity contribution in [1.82, 2.24) is 0 Å². The van der Waals surface area contributed by atoms with Gasteiger partial charge in [-0.25, -0.2) is 9.18 Å². The van der Waals surface area contributed by atoms with Gasteiger partial charge < -0.3 is 14.6 Å². The van der Waals surface area contributed by atoms with Crippen molar-refractivity contribution in [2.75, 3.05) is 7.11 Å². The number of methoxy groups -OCH3 is 1. The van der Waals surface area contributed by atoms with Crippen LogP contribution in [-0.2, 0) is 6.61 Å². The lowest BCUT2D eigenvalue weighted by molar-refractivity contribution is 0.0691. The number of rotatable bonds is 5. The number of aromatic carboxylic acids is 1. The van der Waals surface area contributed by atoms with E-state index in [2.05, 4.69) is 15.9 Å². The topological polar surface area (TPSA) is 55.8 Å². The number of hydrogen-bond acceptors (Lipinski definition) is 3. The molecule has 0 aliphatic rings. The molecule has 0 spiro atoms. The fourth-order valence-corrected chi connectivity index (χ4v) is 2.10. The summed E-state index contributed by atoms with van der Waals surface area (Å²) in [5.41, 5.74) is 0.573. The zero-order valence-corrected chi connectivity index (χ0v) is 12.7. The van der Waals surface area contributed by atoms with Crippen LogP contribution in [0.3, 0.4) is 0 Å². The number of carbonyl (C=O) groups is 1. The molecule has 1 N–H and O–H groups in total. The summed E-state index contributed by atoms with van der Waals surface area (Å²) < 4.78 is 24.5. The first kappa shape index (κ1) is 15.3. The van der Waals surface area contributed by atoms with Crippen molar-refractivity contribution in [1.29, 1.82) is 0 Å². The van der Waals surface area contributed by atoms with Crippen LogP contribution >= 0.6 is 15.9 Å². The van der Waals surface area contributed by atoms with Gasteiger partial charge in [0.25, 0.3) is 0 Å². The zero-order valence-electron chi connectivity index (χ0n) is 11.1. The highest BCUT2D eigenvalue weighted by molar-refractivity contribution is 9.10. The Morgan fingerprint density at radius 2 is 2.05 bits per heavy atom. The lowest BCUT2D eigenvalue weighted by atomic mass is 10.2. The highest BCUT2D eigenvalue weighted by Gasteiger charge is 2.13. The molecular formula is C15H12BrFO4. The summed E-state index contributed by atoms with van der Waals surface area (Å²) in [5.74, 6) is -1.09. The van der Waals surface area contributed by atoms with E-state index in [0.717, 1.165) is 22.2 Å². The summed E-state index contributed by atoms with van der Waals surface area (Å²) in [5, 5.41) is 9.05. The van der Waals surface area contributed by atoms with Gasteiger partial charge in [0.1, 0.15) is 29.5 Å². The van der Waals surface area contributed by atoms with Crippen molar-refractivity contribution < 1.29 is 23.8 Å². The van der Waals surface area contributed by atoms with Gasteiger partial charge in [0.15, 0.2) is 0 Å². The van der Waals surface area contributed by atoms with Crippen LogP contribution in [0.25, 0.3) is 0 Å². The Labute approximate surface area is 129 Å². The Bertz CT molecular complexity index is 673. The second kappa shape index (κ2) is 6.58. The molecule has 0 aromatic heterocycles. The van der Waals surface area contributed by atoms with E-state index in [0.29, 0.717) is 5.75 Å². The highest BCUT2D eigenvalue weighted by atomic mass is 79.9. The number of ether oxygens (including phenoxy) is 2. The molecule has 0 aliphatic heterocycles. The van der Waals surface area contributed by atoms with Gasteiger partial charge in [-0.05, 0) is 36.4 Å². The van der Waals surface area contributed by atoms with Crippen molar-refractivity contribution in [2.45, 2.75) is 6.61 Å². The maximum atomic E-state index is 13.1. The van der Waals surface area contributed by atoms with Crippen LogP contribution in [0.15, 0.2) is 40.9 Å². The predicted molar refractivity (Wildman–Crippen MR) is 78.4 cm³/mol. The molecule has 4 nitrogen and oxygen atoms in total. The summed E-state index contributed by atoms with van der Waals surface area (Å²) in [4.78, 5) is 11.1. The molecule has 0 saturated carbocycles. The molecule has 0 unspecified atom stereocenters. The molecule has 0 heterocycles. The number of halogens is 2. The minimum atomic E-state index is -1.24. The van der Waals surface area contributed by atoms with Crippen molar-refractivity contribution in [3.05, 3.63) is 57.8 Å². The lowest BCUT2D eigenvalue weighted by Gasteiger charge is -2.11. The third-order valence-corrected chi connectivity index (χ3v) is 3.58. The van der Waals surface area contributed by atoms with Crippen LogP contribution in [-0.4, -0.2) is 18.2 Å². The lowest BCUT2D eigenvalue weighted by Crippen LogP contribution is -2.04. The number of carboxylic acids is 1. The van der Waals surface area contributed by atoms with Crippen LogP contribution in [0.4, 0.5) is 4.39 Å². The van der Waals surface area contributed by atoms with Crippen LogP contribution in [0.2, 0.25) is 0 Å². The SMILES string of the molecule is COc1ccc(Br)c(COc2ccc(F)cc2C(=O)O)c1. The second-order valence-corrected chi connectivity index (χ2v) is 5.05. The van der Waals surface area contributed by atoms with Crippen LogP contribution < -0.4 is 9.47 Å². The fraction of sp³-hybridized carbons (Fsp3) is 0.133. The number of hydrogen-bond donors (Lipinski definition) is 1. The smallest absolute Gasteiger partial charge is 0.339 e. The third kappa shape index (κ3) is 3.72. The van der Waals surface area contributed by atoms with Gasteiger partial charge in [-0.15, -0.1) is 0 Å². The Kier molecular flexibility index (Phi) is 4.80. The molecule has 6 heteroatoms. The molecule has 0 radical (unpaired) electrons. The van der Waals surface area contributed by atoms with Crippen LogP contribution in [0.1, 0.15) is 15.9 Å². The average Bonchev–Trinajstić information content (AvgIpc) is 2.47. The molecular weight excluding hydrogens is 343 g/mol. The van der Waals surface area contributed by atoms with E-state index in [-0.39, 0.29) is 17.9 Å². The maximum Gasteiger partial charge on any atom is 0.339 e. The third-order valence-electron chi connectivity index (χ3n) is 2.81. The molecule has 21 heavy (non-hydrogen) atoms. The first-order chi connectivity index (χ1) is 10.0. The summed E-state index contributed by atoms with van der Waals surface area (Å²) >= 11 is 3.38. The van der Waals surface area contributed by atoms with E-state index in [9.17, 15) is 9.18 Å². The fourth-order valence-electron chi connectivity index (χ4n) is 1.74. The van der Waals surface area contributed by atoms with Gasteiger partial charge in [0.2, 0.25) is 0 Å². The maximum absolute atomic E-state index is 13.1. The van der Waals surface area contributed by atoms with Crippen molar-refractivity contribution in [2.24, 2.45) is 0 Å². The summed E-state index contributed by atoms with van der Waals surface area (Å²) in [6.45, 7) is 0.129. The minimum absolute atomic E-state index is 0.110. The van der Waals surface area contributed by atoms with Gasteiger partial charge in [-0.2, -0.15) is 0 Å². The van der Waals surface area contributed by atoms with E-state index < -0.39 is 11.8 Å². The molecule has 2 rings (SSSR count). The molecule has 0 bridgehead atoms. The molecule has 0 atom stereocenters. The predicted octanol–water partition coefficient (Wildman–Crippen LogP) is 3.87. The van der Waals surface area contributed by atoms with Crippen molar-refractivity contribution in [3.8, 4) is 11.5 Å². The normalized spacial score (nSPS) is 10.2. The standard InChI is InChI=1S/C15H12BrFO4/c1-20-11-3-4-13(16)9(6-11)8-21-14-5-2-10(17)7-12(14)15(18)19/h2-7H,8H2,1H3,(H,18,19).